The van der Waals surface area contributed by atoms with E-state index in [1.54, 1.807) is 0 Å². The molecule has 0 bridgehead atoms. The lowest BCUT2D eigenvalue weighted by atomic mass is 10.0. The number of carbonyl (C=O) groups is 1. The molecular weight excluding hydrogens is 268 g/mol. The number of halogens is 1. The molecule has 0 spiro atoms. The van der Waals surface area contributed by atoms with E-state index in [-0.39, 0.29) is 5.91 Å². The van der Waals surface area contributed by atoms with Gasteiger partial charge in [0.1, 0.15) is 0 Å². The topological polar surface area (TPSA) is 55.1 Å². The smallest absolute Gasteiger partial charge is 0.226 e. The van der Waals surface area contributed by atoms with Crippen molar-refractivity contribution in [2.45, 2.75) is 32.7 Å². The highest BCUT2D eigenvalue weighted by Gasteiger charge is 2.16. The van der Waals surface area contributed by atoms with Crippen molar-refractivity contribution in [1.29, 1.82) is 0 Å². The quantitative estimate of drug-likeness (QED) is 0.897. The summed E-state index contributed by atoms with van der Waals surface area (Å²) in [6.07, 6.45) is 0.308. The van der Waals surface area contributed by atoms with Gasteiger partial charge in [0.05, 0.1) is 0 Å². The van der Waals surface area contributed by atoms with Crippen molar-refractivity contribution >= 4 is 27.5 Å². The molecule has 0 aromatic heterocycles. The summed E-state index contributed by atoms with van der Waals surface area (Å²) >= 11 is 3.41. The van der Waals surface area contributed by atoms with E-state index >= 15 is 0 Å². The lowest BCUT2D eigenvalue weighted by molar-refractivity contribution is -0.117. The van der Waals surface area contributed by atoms with Gasteiger partial charge in [0.2, 0.25) is 5.91 Å². The number of carbonyl (C=O) groups excluding carboxylic acids is 1. The Bertz CT molecular complexity index is 396. The van der Waals surface area contributed by atoms with Crippen LogP contribution in [0.5, 0.6) is 0 Å². The van der Waals surface area contributed by atoms with Crippen LogP contribution in [0.4, 0.5) is 5.69 Å². The normalized spacial score (nSPS) is 11.3. The average molecular weight is 285 g/mol. The van der Waals surface area contributed by atoms with Crippen molar-refractivity contribution in [2.24, 2.45) is 5.73 Å². The highest BCUT2D eigenvalue weighted by atomic mass is 79.9. The zero-order valence-electron chi connectivity index (χ0n) is 9.80. The van der Waals surface area contributed by atoms with Gasteiger partial charge in [0, 0.05) is 22.1 Å². The van der Waals surface area contributed by atoms with E-state index in [9.17, 15) is 4.79 Å². The molecule has 16 heavy (non-hydrogen) atoms. The van der Waals surface area contributed by atoms with Gasteiger partial charge in [-0.2, -0.15) is 0 Å². The van der Waals surface area contributed by atoms with Crippen LogP contribution in [0.2, 0.25) is 0 Å². The third kappa shape index (κ3) is 4.33. The van der Waals surface area contributed by atoms with E-state index < -0.39 is 5.54 Å². The van der Waals surface area contributed by atoms with Crippen molar-refractivity contribution in [3.8, 4) is 0 Å². The average Bonchev–Trinajstić information content (AvgIpc) is 2.08. The van der Waals surface area contributed by atoms with Crippen LogP contribution in [0.15, 0.2) is 22.7 Å². The van der Waals surface area contributed by atoms with Gasteiger partial charge in [-0.15, -0.1) is 0 Å². The summed E-state index contributed by atoms with van der Waals surface area (Å²) in [5, 5.41) is 2.83. The SMILES string of the molecule is Cc1cc(NC(=O)CC(C)(C)N)ccc1Br. The Balaban J connectivity index is 2.67. The molecule has 1 aromatic carbocycles. The number of hydrogen-bond acceptors (Lipinski definition) is 2. The van der Waals surface area contributed by atoms with E-state index in [2.05, 4.69) is 21.2 Å². The molecular formula is C12H17BrN2O. The van der Waals surface area contributed by atoms with Crippen molar-refractivity contribution < 1.29 is 4.79 Å². The van der Waals surface area contributed by atoms with Crippen LogP contribution in [-0.2, 0) is 4.79 Å². The molecule has 1 rings (SSSR count). The van der Waals surface area contributed by atoms with Gasteiger partial charge in [0.15, 0.2) is 0 Å². The maximum absolute atomic E-state index is 11.6. The van der Waals surface area contributed by atoms with Crippen LogP contribution < -0.4 is 11.1 Å². The summed E-state index contributed by atoms with van der Waals surface area (Å²) in [4.78, 5) is 11.6. The highest BCUT2D eigenvalue weighted by Crippen LogP contribution is 2.20. The van der Waals surface area contributed by atoms with Crippen LogP contribution in [0.25, 0.3) is 0 Å². The maximum Gasteiger partial charge on any atom is 0.226 e. The van der Waals surface area contributed by atoms with Crippen molar-refractivity contribution in [1.82, 2.24) is 0 Å². The standard InChI is InChI=1S/C12H17BrN2O/c1-8-6-9(4-5-10(8)13)15-11(16)7-12(2,3)14/h4-6H,7,14H2,1-3H3,(H,15,16). The van der Waals surface area contributed by atoms with E-state index in [1.165, 1.54) is 0 Å². The number of amides is 1. The fraction of sp³-hybridized carbons (Fsp3) is 0.417. The van der Waals surface area contributed by atoms with Crippen LogP contribution in [-0.4, -0.2) is 11.4 Å². The summed E-state index contributed by atoms with van der Waals surface area (Å²) < 4.78 is 1.03. The summed E-state index contributed by atoms with van der Waals surface area (Å²) in [5.74, 6) is -0.0609. The Morgan fingerprint density at radius 3 is 2.62 bits per heavy atom. The second kappa shape index (κ2) is 4.97. The van der Waals surface area contributed by atoms with E-state index in [0.717, 1.165) is 15.7 Å². The van der Waals surface area contributed by atoms with Crippen molar-refractivity contribution in [2.75, 3.05) is 5.32 Å². The number of aryl methyl sites for hydroxylation is 1. The molecule has 3 N–H and O–H groups in total. The monoisotopic (exact) mass is 284 g/mol. The van der Waals surface area contributed by atoms with Crippen LogP contribution in [0.1, 0.15) is 25.8 Å². The van der Waals surface area contributed by atoms with Crippen LogP contribution >= 0.6 is 15.9 Å². The van der Waals surface area contributed by atoms with E-state index in [4.69, 9.17) is 5.73 Å². The molecule has 4 heteroatoms. The fourth-order valence-corrected chi connectivity index (χ4v) is 1.59. The predicted octanol–water partition coefficient (Wildman–Crippen LogP) is 2.82. The number of nitrogens with two attached hydrogens (primary N) is 1. The summed E-state index contributed by atoms with van der Waals surface area (Å²) in [5.41, 5.74) is 7.19. The summed E-state index contributed by atoms with van der Waals surface area (Å²) in [7, 11) is 0. The Morgan fingerprint density at radius 1 is 1.50 bits per heavy atom. The molecule has 0 heterocycles. The molecule has 0 saturated carbocycles. The molecule has 0 aliphatic rings. The minimum Gasteiger partial charge on any atom is -0.326 e. The number of hydrogen-bond donors (Lipinski definition) is 2. The molecule has 0 unspecified atom stereocenters. The molecule has 0 saturated heterocycles. The van der Waals surface area contributed by atoms with Gasteiger partial charge >= 0.3 is 0 Å². The third-order valence-corrected chi connectivity index (χ3v) is 2.95. The largest absolute Gasteiger partial charge is 0.326 e. The molecule has 3 nitrogen and oxygen atoms in total. The van der Waals surface area contributed by atoms with Crippen LogP contribution in [0, 0.1) is 6.92 Å². The molecule has 1 aromatic rings. The van der Waals surface area contributed by atoms with Gasteiger partial charge in [-0.25, -0.2) is 0 Å². The van der Waals surface area contributed by atoms with Gasteiger partial charge in [0.25, 0.3) is 0 Å². The van der Waals surface area contributed by atoms with Gasteiger partial charge < -0.3 is 11.1 Å². The Hall–Kier alpha value is -0.870. The molecule has 1 amide bonds. The third-order valence-electron chi connectivity index (χ3n) is 2.06. The van der Waals surface area contributed by atoms with Gasteiger partial charge in [-0.3, -0.25) is 4.79 Å². The minimum absolute atomic E-state index is 0.0609. The molecule has 0 atom stereocenters. The van der Waals surface area contributed by atoms with Crippen LogP contribution in [0.3, 0.4) is 0 Å². The second-order valence-electron chi connectivity index (χ2n) is 4.68. The van der Waals surface area contributed by atoms with E-state index in [1.807, 2.05) is 39.0 Å². The Kier molecular flexibility index (Phi) is 4.10. The first-order chi connectivity index (χ1) is 7.28. The fourth-order valence-electron chi connectivity index (χ4n) is 1.34. The van der Waals surface area contributed by atoms with Gasteiger partial charge in [-0.1, -0.05) is 15.9 Å². The molecule has 88 valence electrons. The van der Waals surface area contributed by atoms with Crippen molar-refractivity contribution in [3.63, 3.8) is 0 Å². The van der Waals surface area contributed by atoms with Crippen molar-refractivity contribution in [3.05, 3.63) is 28.2 Å². The first kappa shape index (κ1) is 13.2. The zero-order chi connectivity index (χ0) is 12.3. The first-order valence-electron chi connectivity index (χ1n) is 5.13. The predicted molar refractivity (Wildman–Crippen MR) is 70.4 cm³/mol. The summed E-state index contributed by atoms with van der Waals surface area (Å²) in [6.45, 7) is 5.64. The Labute approximate surface area is 105 Å². The number of rotatable bonds is 3. The molecule has 0 radical (unpaired) electrons. The number of anilines is 1. The molecule has 0 aliphatic carbocycles. The second-order valence-corrected chi connectivity index (χ2v) is 5.53. The lowest BCUT2D eigenvalue weighted by Crippen LogP contribution is -2.36. The summed E-state index contributed by atoms with van der Waals surface area (Å²) in [6, 6.07) is 5.70. The lowest BCUT2D eigenvalue weighted by Gasteiger charge is -2.17. The van der Waals surface area contributed by atoms with E-state index in [0.29, 0.717) is 6.42 Å². The number of nitrogens with one attached hydrogen (secondary N) is 1. The first-order valence-corrected chi connectivity index (χ1v) is 5.92. The zero-order valence-corrected chi connectivity index (χ0v) is 11.4. The number of benzene rings is 1. The maximum atomic E-state index is 11.6. The molecule has 0 fully saturated rings. The minimum atomic E-state index is -0.478. The Morgan fingerprint density at radius 2 is 2.12 bits per heavy atom. The van der Waals surface area contributed by atoms with Gasteiger partial charge in [-0.05, 0) is 44.5 Å². The highest BCUT2D eigenvalue weighted by molar-refractivity contribution is 9.10. The molecule has 0 aliphatic heterocycles.